The molecule has 18 heavy (non-hydrogen) atoms. The zero-order chi connectivity index (χ0) is 13.2. The Kier molecular flexibility index (Phi) is 3.66. The maximum atomic E-state index is 14.0. The summed E-state index contributed by atoms with van der Waals surface area (Å²) in [6.45, 7) is 1.64. The molecule has 1 aliphatic rings. The summed E-state index contributed by atoms with van der Waals surface area (Å²) in [5.74, 6) is -0.482. The average Bonchev–Trinajstić information content (AvgIpc) is 2.79. The van der Waals surface area contributed by atoms with Crippen molar-refractivity contribution in [3.05, 3.63) is 35.6 Å². The predicted molar refractivity (Wildman–Crippen MR) is 68.3 cm³/mol. The molecule has 1 atom stereocenters. The summed E-state index contributed by atoms with van der Waals surface area (Å²) in [4.78, 5) is 11.8. The molecule has 4 heteroatoms. The first-order valence-corrected chi connectivity index (χ1v) is 6.38. The van der Waals surface area contributed by atoms with Gasteiger partial charge in [0.2, 0.25) is 5.91 Å². The number of benzene rings is 1. The fourth-order valence-electron chi connectivity index (χ4n) is 2.64. The fraction of sp³-hybridized carbons (Fsp3) is 0.500. The van der Waals surface area contributed by atoms with Crippen LogP contribution in [0.2, 0.25) is 0 Å². The summed E-state index contributed by atoms with van der Waals surface area (Å²) in [5, 5.41) is 2.94. The van der Waals surface area contributed by atoms with Gasteiger partial charge in [0, 0.05) is 5.56 Å². The Balaban J connectivity index is 2.33. The molecule has 98 valence electrons. The SMILES string of the molecule is CC(N)C(=O)NC1(c2ccccc2F)CCCC1. The molecule has 1 amide bonds. The van der Waals surface area contributed by atoms with Gasteiger partial charge in [0.25, 0.3) is 0 Å². The van der Waals surface area contributed by atoms with E-state index in [1.807, 2.05) is 0 Å². The Hall–Kier alpha value is -1.42. The lowest BCUT2D eigenvalue weighted by Gasteiger charge is -2.32. The molecule has 1 aliphatic carbocycles. The standard InChI is InChI=1S/C14H19FN2O/c1-10(16)13(18)17-14(8-4-5-9-14)11-6-2-3-7-12(11)15/h2-3,6-7,10H,4-5,8-9,16H2,1H3,(H,17,18). The molecule has 0 radical (unpaired) electrons. The van der Waals surface area contributed by atoms with E-state index < -0.39 is 11.6 Å². The lowest BCUT2D eigenvalue weighted by Crippen LogP contribution is -2.50. The Labute approximate surface area is 107 Å². The third-order valence-electron chi connectivity index (χ3n) is 3.62. The van der Waals surface area contributed by atoms with Crippen molar-refractivity contribution in [2.24, 2.45) is 5.73 Å². The van der Waals surface area contributed by atoms with Gasteiger partial charge in [0.15, 0.2) is 0 Å². The van der Waals surface area contributed by atoms with Gasteiger partial charge in [-0.1, -0.05) is 31.0 Å². The molecule has 0 heterocycles. The molecule has 0 aliphatic heterocycles. The first kappa shape index (κ1) is 13.0. The lowest BCUT2D eigenvalue weighted by molar-refractivity contribution is -0.124. The van der Waals surface area contributed by atoms with Crippen LogP contribution in [0.4, 0.5) is 4.39 Å². The first-order chi connectivity index (χ1) is 8.55. The second-order valence-corrected chi connectivity index (χ2v) is 5.05. The maximum Gasteiger partial charge on any atom is 0.237 e. The van der Waals surface area contributed by atoms with E-state index in [9.17, 15) is 9.18 Å². The molecule has 3 nitrogen and oxygen atoms in total. The molecule has 0 spiro atoms. The second-order valence-electron chi connectivity index (χ2n) is 5.05. The van der Waals surface area contributed by atoms with Crippen LogP contribution in [0.25, 0.3) is 0 Å². The Morgan fingerprint density at radius 3 is 2.56 bits per heavy atom. The zero-order valence-electron chi connectivity index (χ0n) is 10.6. The number of amides is 1. The molecule has 1 saturated carbocycles. The highest BCUT2D eigenvalue weighted by Gasteiger charge is 2.39. The molecule has 1 aromatic carbocycles. The molecular weight excluding hydrogens is 231 g/mol. The Morgan fingerprint density at radius 1 is 1.39 bits per heavy atom. The number of hydrogen-bond acceptors (Lipinski definition) is 2. The van der Waals surface area contributed by atoms with Crippen molar-refractivity contribution in [1.29, 1.82) is 0 Å². The Bertz CT molecular complexity index is 439. The van der Waals surface area contributed by atoms with Gasteiger partial charge in [-0.15, -0.1) is 0 Å². The summed E-state index contributed by atoms with van der Waals surface area (Å²) in [6, 6.07) is 6.08. The van der Waals surface area contributed by atoms with E-state index in [-0.39, 0.29) is 11.7 Å². The van der Waals surface area contributed by atoms with E-state index in [4.69, 9.17) is 5.73 Å². The van der Waals surface area contributed by atoms with Gasteiger partial charge in [-0.25, -0.2) is 4.39 Å². The molecule has 0 saturated heterocycles. The smallest absolute Gasteiger partial charge is 0.237 e. The minimum Gasteiger partial charge on any atom is -0.345 e. The average molecular weight is 250 g/mol. The number of nitrogens with one attached hydrogen (secondary N) is 1. The van der Waals surface area contributed by atoms with Gasteiger partial charge in [-0.3, -0.25) is 4.79 Å². The molecule has 1 unspecified atom stereocenters. The van der Waals surface area contributed by atoms with Crippen molar-refractivity contribution in [2.75, 3.05) is 0 Å². The van der Waals surface area contributed by atoms with E-state index in [1.165, 1.54) is 6.07 Å². The summed E-state index contributed by atoms with van der Waals surface area (Å²) in [6.07, 6.45) is 3.53. The van der Waals surface area contributed by atoms with Crippen molar-refractivity contribution < 1.29 is 9.18 Å². The number of carbonyl (C=O) groups excluding carboxylic acids is 1. The van der Waals surface area contributed by atoms with Crippen LogP contribution in [0.15, 0.2) is 24.3 Å². The summed E-state index contributed by atoms with van der Waals surface area (Å²) < 4.78 is 14.0. The third kappa shape index (κ3) is 2.38. The van der Waals surface area contributed by atoms with Crippen molar-refractivity contribution >= 4 is 5.91 Å². The summed E-state index contributed by atoms with van der Waals surface area (Å²) >= 11 is 0. The molecule has 3 N–H and O–H groups in total. The van der Waals surface area contributed by atoms with Gasteiger partial charge >= 0.3 is 0 Å². The summed E-state index contributed by atoms with van der Waals surface area (Å²) in [5.41, 5.74) is 5.59. The fourth-order valence-corrected chi connectivity index (χ4v) is 2.64. The van der Waals surface area contributed by atoms with E-state index in [0.29, 0.717) is 5.56 Å². The third-order valence-corrected chi connectivity index (χ3v) is 3.62. The molecule has 1 fully saturated rings. The van der Waals surface area contributed by atoms with Gasteiger partial charge < -0.3 is 11.1 Å². The Morgan fingerprint density at radius 2 is 2.00 bits per heavy atom. The maximum absolute atomic E-state index is 14.0. The monoisotopic (exact) mass is 250 g/mol. The van der Waals surface area contributed by atoms with Crippen LogP contribution >= 0.6 is 0 Å². The van der Waals surface area contributed by atoms with E-state index in [1.54, 1.807) is 25.1 Å². The molecule has 1 aromatic rings. The van der Waals surface area contributed by atoms with Crippen LogP contribution in [0.3, 0.4) is 0 Å². The quantitative estimate of drug-likeness (QED) is 0.862. The van der Waals surface area contributed by atoms with Gasteiger partial charge in [0.1, 0.15) is 5.82 Å². The molecular formula is C14H19FN2O. The molecule has 2 rings (SSSR count). The number of halogens is 1. The normalized spacial score (nSPS) is 19.5. The highest BCUT2D eigenvalue weighted by molar-refractivity contribution is 5.82. The van der Waals surface area contributed by atoms with Crippen molar-refractivity contribution in [2.45, 2.75) is 44.2 Å². The summed E-state index contributed by atoms with van der Waals surface area (Å²) in [7, 11) is 0. The van der Waals surface area contributed by atoms with Crippen molar-refractivity contribution in [3.63, 3.8) is 0 Å². The van der Waals surface area contributed by atoms with E-state index >= 15 is 0 Å². The number of hydrogen-bond donors (Lipinski definition) is 2. The minimum atomic E-state index is -0.575. The molecule has 0 bridgehead atoms. The minimum absolute atomic E-state index is 0.222. The largest absolute Gasteiger partial charge is 0.345 e. The second kappa shape index (κ2) is 5.06. The van der Waals surface area contributed by atoms with Crippen LogP contribution in [-0.4, -0.2) is 11.9 Å². The number of nitrogens with two attached hydrogens (primary N) is 1. The van der Waals surface area contributed by atoms with E-state index in [0.717, 1.165) is 25.7 Å². The van der Waals surface area contributed by atoms with Crippen LogP contribution in [0.1, 0.15) is 38.2 Å². The predicted octanol–water partition coefficient (Wildman–Crippen LogP) is 2.06. The van der Waals surface area contributed by atoms with Crippen LogP contribution in [0, 0.1) is 5.82 Å². The molecule has 0 aromatic heterocycles. The lowest BCUT2D eigenvalue weighted by atomic mass is 9.87. The van der Waals surface area contributed by atoms with Crippen LogP contribution in [0.5, 0.6) is 0 Å². The highest BCUT2D eigenvalue weighted by Crippen LogP contribution is 2.39. The van der Waals surface area contributed by atoms with Gasteiger partial charge in [-0.05, 0) is 25.8 Å². The first-order valence-electron chi connectivity index (χ1n) is 6.38. The van der Waals surface area contributed by atoms with E-state index in [2.05, 4.69) is 5.32 Å². The van der Waals surface area contributed by atoms with Gasteiger partial charge in [-0.2, -0.15) is 0 Å². The highest BCUT2D eigenvalue weighted by atomic mass is 19.1. The van der Waals surface area contributed by atoms with Crippen molar-refractivity contribution in [1.82, 2.24) is 5.32 Å². The van der Waals surface area contributed by atoms with Crippen LogP contribution < -0.4 is 11.1 Å². The van der Waals surface area contributed by atoms with Gasteiger partial charge in [0.05, 0.1) is 11.6 Å². The van der Waals surface area contributed by atoms with Crippen LogP contribution in [-0.2, 0) is 10.3 Å². The van der Waals surface area contributed by atoms with Crippen molar-refractivity contribution in [3.8, 4) is 0 Å². The number of rotatable bonds is 3. The topological polar surface area (TPSA) is 55.1 Å². The number of carbonyl (C=O) groups is 1. The zero-order valence-corrected chi connectivity index (χ0v) is 10.6.